The Balaban J connectivity index is 1.99. The molecule has 0 spiro atoms. The van der Waals surface area contributed by atoms with Crippen LogP contribution in [0.2, 0.25) is 0 Å². The number of carbonyl (C=O) groups excluding carboxylic acids is 1. The van der Waals surface area contributed by atoms with Gasteiger partial charge in [0.2, 0.25) is 0 Å². The summed E-state index contributed by atoms with van der Waals surface area (Å²) >= 11 is 1.51. The molecule has 0 aliphatic rings. The number of rotatable bonds is 4. The number of nitrogens with zero attached hydrogens (tertiary/aromatic N) is 2. The van der Waals surface area contributed by atoms with E-state index in [0.29, 0.717) is 6.42 Å². The number of para-hydroxylation sites is 2. The van der Waals surface area contributed by atoms with Gasteiger partial charge in [-0.3, -0.25) is 4.79 Å². The molecule has 3 aromatic rings. The van der Waals surface area contributed by atoms with Crippen LogP contribution in [0, 0.1) is 6.92 Å². The molecule has 0 unspecified atom stereocenters. The molecule has 0 fully saturated rings. The highest BCUT2D eigenvalue weighted by atomic mass is 32.1. The van der Waals surface area contributed by atoms with Crippen molar-refractivity contribution >= 4 is 28.2 Å². The van der Waals surface area contributed by atoms with E-state index in [0.717, 1.165) is 33.8 Å². The Kier molecular flexibility index (Phi) is 3.40. The highest BCUT2D eigenvalue weighted by molar-refractivity contribution is 7.12. The fourth-order valence-electron chi connectivity index (χ4n) is 2.50. The molecular weight excluding hydrogens is 268 g/mol. The van der Waals surface area contributed by atoms with Crippen LogP contribution in [-0.2, 0) is 13.0 Å². The van der Waals surface area contributed by atoms with Gasteiger partial charge in [0.15, 0.2) is 5.78 Å². The molecule has 1 aromatic carbocycles. The summed E-state index contributed by atoms with van der Waals surface area (Å²) < 4.78 is 2.12. The minimum atomic E-state index is 0.155. The molecule has 0 N–H and O–H groups in total. The molecule has 20 heavy (non-hydrogen) atoms. The highest BCUT2D eigenvalue weighted by Gasteiger charge is 2.16. The zero-order valence-corrected chi connectivity index (χ0v) is 12.4. The first-order chi connectivity index (χ1) is 9.70. The zero-order chi connectivity index (χ0) is 14.1. The molecule has 4 heteroatoms. The number of aromatic nitrogens is 2. The number of hydrogen-bond donors (Lipinski definition) is 0. The standard InChI is InChI=1S/C16H16N2OS/c1-3-18-13-7-5-4-6-12(13)17-15(18)10-14(19)16-11(2)8-9-20-16/h4-9H,3,10H2,1-2H3. The summed E-state index contributed by atoms with van der Waals surface area (Å²) in [5.41, 5.74) is 3.11. The summed E-state index contributed by atoms with van der Waals surface area (Å²) in [7, 11) is 0. The highest BCUT2D eigenvalue weighted by Crippen LogP contribution is 2.21. The predicted molar refractivity (Wildman–Crippen MR) is 82.5 cm³/mol. The van der Waals surface area contributed by atoms with Crippen LogP contribution in [-0.4, -0.2) is 15.3 Å². The number of aryl methyl sites for hydroxylation is 2. The van der Waals surface area contributed by atoms with Gasteiger partial charge in [0, 0.05) is 6.54 Å². The van der Waals surface area contributed by atoms with E-state index in [1.807, 2.05) is 36.6 Å². The van der Waals surface area contributed by atoms with Crippen molar-refractivity contribution in [2.24, 2.45) is 0 Å². The van der Waals surface area contributed by atoms with Gasteiger partial charge < -0.3 is 4.57 Å². The normalized spacial score (nSPS) is 11.1. The molecule has 0 atom stereocenters. The second kappa shape index (κ2) is 5.21. The first-order valence-corrected chi connectivity index (χ1v) is 7.60. The van der Waals surface area contributed by atoms with Crippen molar-refractivity contribution in [3.8, 4) is 0 Å². The topological polar surface area (TPSA) is 34.9 Å². The molecule has 0 saturated heterocycles. The number of carbonyl (C=O) groups is 1. The van der Waals surface area contributed by atoms with Crippen molar-refractivity contribution in [1.82, 2.24) is 9.55 Å². The van der Waals surface area contributed by atoms with Crippen molar-refractivity contribution in [3.63, 3.8) is 0 Å². The molecule has 0 aliphatic carbocycles. The van der Waals surface area contributed by atoms with Gasteiger partial charge in [0.1, 0.15) is 5.82 Å². The smallest absolute Gasteiger partial charge is 0.180 e. The second-order valence-corrected chi connectivity index (χ2v) is 5.71. The lowest BCUT2D eigenvalue weighted by atomic mass is 10.1. The van der Waals surface area contributed by atoms with Gasteiger partial charge >= 0.3 is 0 Å². The number of ketones is 1. The Morgan fingerprint density at radius 1 is 1.30 bits per heavy atom. The van der Waals surface area contributed by atoms with Crippen LogP contribution in [0.1, 0.15) is 28.0 Å². The van der Waals surface area contributed by atoms with E-state index in [9.17, 15) is 4.79 Å². The fourth-order valence-corrected chi connectivity index (χ4v) is 3.36. The Hall–Kier alpha value is -1.94. The van der Waals surface area contributed by atoms with E-state index in [4.69, 9.17) is 0 Å². The molecule has 0 aliphatic heterocycles. The minimum Gasteiger partial charge on any atom is -0.328 e. The van der Waals surface area contributed by atoms with Crippen molar-refractivity contribution in [2.75, 3.05) is 0 Å². The monoisotopic (exact) mass is 284 g/mol. The van der Waals surface area contributed by atoms with Gasteiger partial charge in [0.25, 0.3) is 0 Å². The quantitative estimate of drug-likeness (QED) is 0.682. The molecule has 2 aromatic heterocycles. The largest absolute Gasteiger partial charge is 0.328 e. The lowest BCUT2D eigenvalue weighted by Gasteiger charge is -2.05. The van der Waals surface area contributed by atoms with Crippen LogP contribution >= 0.6 is 11.3 Å². The Morgan fingerprint density at radius 3 is 2.80 bits per heavy atom. The van der Waals surface area contributed by atoms with Gasteiger partial charge in [-0.15, -0.1) is 11.3 Å². The van der Waals surface area contributed by atoms with Gasteiger partial charge in [-0.25, -0.2) is 4.98 Å². The Bertz CT molecular complexity index is 770. The number of fused-ring (bicyclic) bond motifs is 1. The first-order valence-electron chi connectivity index (χ1n) is 6.72. The molecule has 2 heterocycles. The van der Waals surface area contributed by atoms with Crippen molar-refractivity contribution < 1.29 is 4.79 Å². The maximum absolute atomic E-state index is 12.4. The SMILES string of the molecule is CCn1c(CC(=O)c2sccc2C)nc2ccccc21. The van der Waals surface area contributed by atoms with Gasteiger partial charge in [-0.2, -0.15) is 0 Å². The molecule has 0 bridgehead atoms. The van der Waals surface area contributed by atoms with Crippen LogP contribution in [0.25, 0.3) is 11.0 Å². The molecule has 102 valence electrons. The van der Waals surface area contributed by atoms with Gasteiger partial charge in [-0.1, -0.05) is 12.1 Å². The lowest BCUT2D eigenvalue weighted by Crippen LogP contribution is -2.09. The summed E-state index contributed by atoms with van der Waals surface area (Å²) in [6.07, 6.45) is 0.365. The lowest BCUT2D eigenvalue weighted by molar-refractivity contribution is 0.0993. The summed E-state index contributed by atoms with van der Waals surface area (Å²) in [6.45, 7) is 4.89. The van der Waals surface area contributed by atoms with Crippen LogP contribution < -0.4 is 0 Å². The fraction of sp³-hybridized carbons (Fsp3) is 0.250. The summed E-state index contributed by atoms with van der Waals surface area (Å²) in [4.78, 5) is 17.9. The van der Waals surface area contributed by atoms with E-state index >= 15 is 0 Å². The van der Waals surface area contributed by atoms with Crippen LogP contribution in [0.15, 0.2) is 35.7 Å². The molecule has 0 amide bonds. The molecule has 3 nitrogen and oxygen atoms in total. The number of benzene rings is 1. The number of hydrogen-bond acceptors (Lipinski definition) is 3. The van der Waals surface area contributed by atoms with Gasteiger partial charge in [0.05, 0.1) is 22.3 Å². The maximum atomic E-state index is 12.4. The first kappa shape index (κ1) is 13.1. The van der Waals surface area contributed by atoms with Crippen molar-refractivity contribution in [1.29, 1.82) is 0 Å². The molecule has 0 saturated carbocycles. The Morgan fingerprint density at radius 2 is 2.10 bits per heavy atom. The van der Waals surface area contributed by atoms with Crippen LogP contribution in [0.4, 0.5) is 0 Å². The average molecular weight is 284 g/mol. The third-order valence-corrected chi connectivity index (χ3v) is 4.54. The van der Waals surface area contributed by atoms with Gasteiger partial charge in [-0.05, 0) is 43.0 Å². The van der Waals surface area contributed by atoms with E-state index in [1.54, 1.807) is 0 Å². The van der Waals surface area contributed by atoms with Crippen molar-refractivity contribution in [2.45, 2.75) is 26.8 Å². The van der Waals surface area contributed by atoms with Crippen LogP contribution in [0.5, 0.6) is 0 Å². The zero-order valence-electron chi connectivity index (χ0n) is 11.6. The number of Topliss-reactive ketones (excluding diaryl/α,β-unsaturated/α-hetero) is 1. The summed E-state index contributed by atoms with van der Waals surface area (Å²) in [5, 5.41) is 1.96. The number of thiophene rings is 1. The number of imidazole rings is 1. The van der Waals surface area contributed by atoms with E-state index in [2.05, 4.69) is 22.5 Å². The average Bonchev–Trinajstić information content (AvgIpc) is 3.01. The van der Waals surface area contributed by atoms with E-state index < -0.39 is 0 Å². The third-order valence-electron chi connectivity index (χ3n) is 3.48. The Labute approximate surface area is 121 Å². The summed E-state index contributed by atoms with van der Waals surface area (Å²) in [5.74, 6) is 1.01. The van der Waals surface area contributed by atoms with E-state index in [-0.39, 0.29) is 5.78 Å². The maximum Gasteiger partial charge on any atom is 0.180 e. The minimum absolute atomic E-state index is 0.155. The van der Waals surface area contributed by atoms with Crippen LogP contribution in [0.3, 0.4) is 0 Å². The summed E-state index contributed by atoms with van der Waals surface area (Å²) in [6, 6.07) is 10.0. The molecule has 3 rings (SSSR count). The van der Waals surface area contributed by atoms with Crippen molar-refractivity contribution in [3.05, 3.63) is 52.0 Å². The third kappa shape index (κ3) is 2.16. The molecular formula is C16H16N2OS. The van der Waals surface area contributed by atoms with E-state index in [1.165, 1.54) is 11.3 Å². The second-order valence-electron chi connectivity index (χ2n) is 4.79. The predicted octanol–water partition coefficient (Wildman–Crippen LogP) is 3.85. The molecule has 0 radical (unpaired) electrons.